The molecule has 1 aliphatic heterocycles. The number of hydrogen-bond donors (Lipinski definition) is 2. The molecule has 3 amide bonds. The first kappa shape index (κ1) is 34.3. The van der Waals surface area contributed by atoms with Crippen LogP contribution in [0, 0.1) is 6.92 Å². The van der Waals surface area contributed by atoms with Crippen LogP contribution >= 0.6 is 11.3 Å². The van der Waals surface area contributed by atoms with Gasteiger partial charge in [0.05, 0.1) is 44.6 Å². The molecule has 236 valence electrons. The van der Waals surface area contributed by atoms with Gasteiger partial charge in [-0.2, -0.15) is 8.78 Å². The van der Waals surface area contributed by atoms with Crippen LogP contribution in [0.2, 0.25) is 0 Å². The second-order valence-electron chi connectivity index (χ2n) is 10.8. The van der Waals surface area contributed by atoms with Gasteiger partial charge in [0.25, 0.3) is 5.91 Å². The van der Waals surface area contributed by atoms with Gasteiger partial charge in [-0.05, 0) is 32.8 Å². The number of amides is 3. The second-order valence-corrected chi connectivity index (χ2v) is 12.0. The molecule has 0 aliphatic carbocycles. The number of benzene rings is 1. The first-order chi connectivity index (χ1) is 20.1. The number of nitrogens with one attached hydrogen (secondary N) is 2. The fraction of sp³-hybridized carbons (Fsp3) is 0.536. The van der Waals surface area contributed by atoms with Crippen LogP contribution in [0.1, 0.15) is 34.1 Å². The number of nitrogens with zero attached hydrogens (tertiary/aromatic N) is 2. The van der Waals surface area contributed by atoms with E-state index in [1.165, 1.54) is 20.3 Å². The summed E-state index contributed by atoms with van der Waals surface area (Å²) in [6.07, 6.45) is -0.386. The van der Waals surface area contributed by atoms with E-state index >= 15 is 0 Å². The van der Waals surface area contributed by atoms with Gasteiger partial charge in [-0.25, -0.2) is 18.7 Å². The van der Waals surface area contributed by atoms with Crippen LogP contribution in [0.3, 0.4) is 0 Å². The largest absolute Gasteiger partial charge is 0.361 e. The van der Waals surface area contributed by atoms with Crippen LogP contribution in [0.5, 0.6) is 0 Å². The zero-order valence-electron chi connectivity index (χ0n) is 24.5. The van der Waals surface area contributed by atoms with Crippen molar-refractivity contribution in [3.8, 4) is 0 Å². The molecule has 5 atom stereocenters. The van der Waals surface area contributed by atoms with Gasteiger partial charge >= 0.3 is 12.5 Å². The average molecular weight is 630 g/mol. The number of ketones is 1. The number of ether oxygens (including phenoxy) is 3. The minimum Gasteiger partial charge on any atom is -0.361 e. The Morgan fingerprint density at radius 1 is 1.05 bits per heavy atom. The minimum absolute atomic E-state index is 0.0677. The Labute approximate surface area is 251 Å². The summed E-state index contributed by atoms with van der Waals surface area (Å²) in [5, 5.41) is 5.48. The van der Waals surface area contributed by atoms with E-state index in [2.05, 4.69) is 20.4 Å². The van der Waals surface area contributed by atoms with E-state index in [0.29, 0.717) is 10.6 Å². The summed E-state index contributed by atoms with van der Waals surface area (Å²) in [5.74, 6) is -2.93. The van der Waals surface area contributed by atoms with Crippen molar-refractivity contribution in [1.29, 1.82) is 0 Å². The third kappa shape index (κ3) is 9.37. The van der Waals surface area contributed by atoms with Gasteiger partial charge < -0.3 is 24.8 Å². The Morgan fingerprint density at radius 3 is 2.21 bits per heavy atom. The van der Waals surface area contributed by atoms with Crippen LogP contribution in [0.15, 0.2) is 36.5 Å². The molecule has 1 aromatic carbocycles. The topological polar surface area (TPSA) is 136 Å². The fourth-order valence-electron chi connectivity index (χ4n) is 4.23. The number of hydrogen-bond acceptors (Lipinski definition) is 9. The normalized spacial score (nSPS) is 19.3. The Bertz CT molecular complexity index is 1290. The molecule has 11 nitrogen and oxygen atoms in total. The highest BCUT2D eigenvalue weighted by Gasteiger charge is 2.50. The second kappa shape index (κ2) is 14.5. The zero-order chi connectivity index (χ0) is 31.9. The van der Waals surface area contributed by atoms with Crippen LogP contribution in [-0.4, -0.2) is 104 Å². The van der Waals surface area contributed by atoms with Gasteiger partial charge in [0.15, 0.2) is 23.1 Å². The maximum Gasteiger partial charge on any atom is 0.357 e. The Morgan fingerprint density at radius 2 is 1.67 bits per heavy atom. The Kier molecular flexibility index (Phi) is 11.5. The van der Waals surface area contributed by atoms with Crippen LogP contribution in [0.25, 0.3) is 0 Å². The number of carbonyl (C=O) groups excluding carboxylic acids is 4. The fourth-order valence-corrected chi connectivity index (χ4v) is 5.09. The molecule has 3 rings (SSSR count). The van der Waals surface area contributed by atoms with Crippen molar-refractivity contribution in [2.75, 3.05) is 33.9 Å². The highest BCUT2D eigenvalue weighted by molar-refractivity contribution is 7.13. The van der Waals surface area contributed by atoms with E-state index in [9.17, 15) is 32.3 Å². The van der Waals surface area contributed by atoms with Crippen molar-refractivity contribution in [3.63, 3.8) is 0 Å². The average Bonchev–Trinajstić information content (AvgIpc) is 3.55. The molecular weight excluding hydrogens is 593 g/mol. The van der Waals surface area contributed by atoms with Crippen molar-refractivity contribution in [3.05, 3.63) is 52.0 Å². The quantitative estimate of drug-likeness (QED) is 0.213. The molecule has 2 heterocycles. The predicted molar refractivity (Wildman–Crippen MR) is 149 cm³/mol. The summed E-state index contributed by atoms with van der Waals surface area (Å²) in [5.41, 5.74) is -0.406. The molecule has 1 aromatic heterocycles. The molecule has 0 bridgehead atoms. The summed E-state index contributed by atoms with van der Waals surface area (Å²) in [6.45, 7) is -0.330. The van der Waals surface area contributed by atoms with Crippen molar-refractivity contribution < 1.29 is 51.0 Å². The Hall–Kier alpha value is -3.24. The number of alkyl halides is 3. The first-order valence-corrected chi connectivity index (χ1v) is 14.2. The summed E-state index contributed by atoms with van der Waals surface area (Å²) in [6, 6.07) is 4.53. The molecule has 1 aliphatic rings. The van der Waals surface area contributed by atoms with Crippen molar-refractivity contribution in [1.82, 2.24) is 15.6 Å². The highest BCUT2D eigenvalue weighted by atomic mass is 32.1. The molecule has 1 saturated heterocycles. The molecule has 2 N–H and O–H groups in total. The van der Waals surface area contributed by atoms with Gasteiger partial charge in [-0.3, -0.25) is 14.4 Å². The number of aromatic nitrogens is 1. The smallest absolute Gasteiger partial charge is 0.357 e. The van der Waals surface area contributed by atoms with Crippen LogP contribution in [0.4, 0.5) is 13.2 Å². The van der Waals surface area contributed by atoms with Gasteiger partial charge in [-0.1, -0.05) is 30.3 Å². The summed E-state index contributed by atoms with van der Waals surface area (Å²) in [7, 11) is 2.78. The third-order valence-corrected chi connectivity index (χ3v) is 7.86. The molecular formula is C28H36F3N4O7S+. The van der Waals surface area contributed by atoms with Crippen molar-refractivity contribution in [2.45, 2.75) is 63.9 Å². The van der Waals surface area contributed by atoms with Gasteiger partial charge in [0.2, 0.25) is 5.91 Å². The molecule has 5 unspecified atom stereocenters. The van der Waals surface area contributed by atoms with E-state index in [-0.39, 0.29) is 17.9 Å². The van der Waals surface area contributed by atoms with Crippen molar-refractivity contribution in [2.24, 2.45) is 0 Å². The molecule has 0 spiro atoms. The highest BCUT2D eigenvalue weighted by Crippen LogP contribution is 2.29. The number of quaternary nitrogens is 1. The number of epoxide rings is 1. The molecule has 0 radical (unpaired) electrons. The van der Waals surface area contributed by atoms with Gasteiger partial charge in [0, 0.05) is 0 Å². The summed E-state index contributed by atoms with van der Waals surface area (Å²) >= 11 is 1.09. The summed E-state index contributed by atoms with van der Waals surface area (Å²) in [4.78, 5) is 57.8. The van der Waals surface area contributed by atoms with Gasteiger partial charge in [-0.15, -0.1) is 11.3 Å². The zero-order valence-corrected chi connectivity index (χ0v) is 25.3. The number of Topliss-reactive ketones (excluding diaryl/α,β-unsaturated/α-hetero) is 1. The van der Waals surface area contributed by atoms with E-state index in [0.717, 1.165) is 18.3 Å². The maximum absolute atomic E-state index is 13.7. The number of rotatable bonds is 16. The lowest BCUT2D eigenvalue weighted by atomic mass is 9.94. The number of thiazole rings is 1. The van der Waals surface area contributed by atoms with E-state index in [1.54, 1.807) is 44.2 Å². The molecule has 0 saturated carbocycles. The summed E-state index contributed by atoms with van der Waals surface area (Å²) < 4.78 is 53.7. The third-order valence-electron chi connectivity index (χ3n) is 6.96. The van der Waals surface area contributed by atoms with Gasteiger partial charge in [0.1, 0.15) is 18.2 Å². The first-order valence-electron chi connectivity index (χ1n) is 13.4. The lowest BCUT2D eigenvalue weighted by Crippen LogP contribution is -2.64. The predicted octanol–water partition coefficient (Wildman–Crippen LogP) is 2.18. The Balaban J connectivity index is 1.86. The molecule has 15 heteroatoms. The molecule has 43 heavy (non-hydrogen) atoms. The minimum atomic E-state index is -3.28. The lowest BCUT2D eigenvalue weighted by Gasteiger charge is -2.34. The number of carbonyl (C=O) groups is 4. The number of halogens is 3. The number of aryl methyl sites for hydroxylation is 1. The maximum atomic E-state index is 13.7. The van der Waals surface area contributed by atoms with E-state index in [1.807, 2.05) is 0 Å². The standard InChI is InChI=1S/C28H35F3N4O7S/c1-16(29)40-14-21(35(4,5)26(39)22-12-32-17(2)43-22)25(38)34-20(13-41-27(30)31)24(37)33-19(23(36)28(3)15-42-28)11-18-9-7-6-8-10-18/h6-10,12,16,19-21,27H,11,13-15H2,1-5H3,(H-,33,34,37,38)/p+1. The monoisotopic (exact) mass is 629 g/mol. The van der Waals surface area contributed by atoms with Crippen LogP contribution < -0.4 is 10.6 Å². The molecule has 1 fully saturated rings. The van der Waals surface area contributed by atoms with E-state index < -0.39 is 77.9 Å². The lowest BCUT2D eigenvalue weighted by molar-refractivity contribution is -0.825. The van der Waals surface area contributed by atoms with Crippen LogP contribution in [-0.2, 0) is 35.0 Å². The van der Waals surface area contributed by atoms with Crippen molar-refractivity contribution >= 4 is 34.8 Å². The SMILES string of the molecule is Cc1ncc(C(=O)[N+](C)(C)C(COC(C)F)C(=O)NC(COC(F)F)C(=O)NC(Cc2ccccc2)C(=O)C2(C)CO2)s1. The van der Waals surface area contributed by atoms with E-state index in [4.69, 9.17) is 9.47 Å². The molecule has 2 aromatic rings. The number of likely N-dealkylation sites (N-methyl/N-ethyl adjacent to an activating group) is 1.